The molecular formula is C27H38N2O5. The number of esters is 1. The topological polar surface area (TPSA) is 105 Å². The SMILES string of the molecule is C=CCCCC(=O)OC[C@H](NC(=O)[C@H](CC=C)CC(=O)NC1(CO)CCCC1)c1ccccc1. The molecule has 0 heterocycles. The summed E-state index contributed by atoms with van der Waals surface area (Å²) in [6.45, 7) is 7.27. The molecule has 0 spiro atoms. The lowest BCUT2D eigenvalue weighted by Gasteiger charge is -2.29. The van der Waals surface area contributed by atoms with E-state index in [-0.39, 0.29) is 43.8 Å². The van der Waals surface area contributed by atoms with Crippen molar-refractivity contribution >= 4 is 17.8 Å². The number of amides is 2. The highest BCUT2D eigenvalue weighted by Crippen LogP contribution is 2.29. The molecule has 7 nitrogen and oxygen atoms in total. The predicted octanol–water partition coefficient (Wildman–Crippen LogP) is 3.75. The second-order valence-electron chi connectivity index (χ2n) is 8.95. The molecule has 3 N–H and O–H groups in total. The first kappa shape index (κ1) is 27.3. The van der Waals surface area contributed by atoms with Gasteiger partial charge in [0.25, 0.3) is 0 Å². The monoisotopic (exact) mass is 470 g/mol. The Morgan fingerprint density at radius 2 is 1.82 bits per heavy atom. The molecule has 1 saturated carbocycles. The van der Waals surface area contributed by atoms with Crippen molar-refractivity contribution < 1.29 is 24.2 Å². The fourth-order valence-electron chi connectivity index (χ4n) is 4.26. The summed E-state index contributed by atoms with van der Waals surface area (Å²) in [5, 5.41) is 15.7. The maximum Gasteiger partial charge on any atom is 0.305 e. The van der Waals surface area contributed by atoms with Crippen LogP contribution in [0.15, 0.2) is 55.6 Å². The van der Waals surface area contributed by atoms with Crippen molar-refractivity contribution in [1.82, 2.24) is 10.6 Å². The van der Waals surface area contributed by atoms with E-state index in [0.29, 0.717) is 12.8 Å². The molecule has 2 atom stereocenters. The summed E-state index contributed by atoms with van der Waals surface area (Å²) in [6.07, 6.45) is 8.77. The molecule has 1 aromatic carbocycles. The van der Waals surface area contributed by atoms with Crippen molar-refractivity contribution in [3.8, 4) is 0 Å². The van der Waals surface area contributed by atoms with Crippen molar-refractivity contribution in [2.24, 2.45) is 5.92 Å². The Bertz CT molecular complexity index is 818. The summed E-state index contributed by atoms with van der Waals surface area (Å²) in [6, 6.07) is 8.75. The molecule has 0 aromatic heterocycles. The molecule has 1 aliphatic carbocycles. The highest BCUT2D eigenvalue weighted by atomic mass is 16.5. The van der Waals surface area contributed by atoms with Crippen LogP contribution in [0.4, 0.5) is 0 Å². The zero-order valence-corrected chi connectivity index (χ0v) is 20.0. The van der Waals surface area contributed by atoms with Gasteiger partial charge in [-0.05, 0) is 37.7 Å². The van der Waals surface area contributed by atoms with Crippen molar-refractivity contribution in [1.29, 1.82) is 0 Å². The minimum Gasteiger partial charge on any atom is -0.463 e. The summed E-state index contributed by atoms with van der Waals surface area (Å²) in [4.78, 5) is 38.0. The lowest BCUT2D eigenvalue weighted by atomic mass is 9.95. The number of carbonyl (C=O) groups excluding carboxylic acids is 3. The van der Waals surface area contributed by atoms with Crippen molar-refractivity contribution in [3.05, 3.63) is 61.2 Å². The zero-order valence-electron chi connectivity index (χ0n) is 20.0. The normalized spacial score (nSPS) is 16.1. The lowest BCUT2D eigenvalue weighted by Crippen LogP contribution is -2.50. The van der Waals surface area contributed by atoms with Crippen LogP contribution in [0.1, 0.15) is 69.4 Å². The van der Waals surface area contributed by atoms with E-state index >= 15 is 0 Å². The minimum absolute atomic E-state index is 0.00328. The summed E-state index contributed by atoms with van der Waals surface area (Å²) in [5.74, 6) is -1.52. The molecule has 1 aromatic rings. The van der Waals surface area contributed by atoms with Crippen molar-refractivity contribution in [2.75, 3.05) is 13.2 Å². The first-order chi connectivity index (χ1) is 16.4. The van der Waals surface area contributed by atoms with Crippen LogP contribution in [0.25, 0.3) is 0 Å². The van der Waals surface area contributed by atoms with E-state index in [0.717, 1.165) is 37.7 Å². The van der Waals surface area contributed by atoms with Crippen LogP contribution in [0.3, 0.4) is 0 Å². The molecule has 0 unspecified atom stereocenters. The highest BCUT2D eigenvalue weighted by molar-refractivity contribution is 5.86. The molecule has 0 saturated heterocycles. The number of nitrogens with one attached hydrogen (secondary N) is 2. The van der Waals surface area contributed by atoms with Gasteiger partial charge in [0.05, 0.1) is 24.1 Å². The zero-order chi connectivity index (χ0) is 24.8. The number of ether oxygens (including phenoxy) is 1. The Hall–Kier alpha value is -2.93. The summed E-state index contributed by atoms with van der Waals surface area (Å²) in [7, 11) is 0. The van der Waals surface area contributed by atoms with Crippen LogP contribution in [-0.4, -0.2) is 41.6 Å². The number of aliphatic hydroxyl groups is 1. The van der Waals surface area contributed by atoms with Gasteiger partial charge in [-0.2, -0.15) is 0 Å². The molecule has 186 valence electrons. The highest BCUT2D eigenvalue weighted by Gasteiger charge is 2.35. The number of benzene rings is 1. The minimum atomic E-state index is -0.621. The number of rotatable bonds is 15. The van der Waals surface area contributed by atoms with Crippen LogP contribution in [0.2, 0.25) is 0 Å². The average Bonchev–Trinajstić information content (AvgIpc) is 3.30. The Morgan fingerprint density at radius 1 is 1.12 bits per heavy atom. The van der Waals surface area contributed by atoms with Gasteiger partial charge in [0.1, 0.15) is 6.61 Å². The Labute approximate surface area is 202 Å². The molecule has 0 radical (unpaired) electrons. The number of aliphatic hydroxyl groups excluding tert-OH is 1. The summed E-state index contributed by atoms with van der Waals surface area (Å²) >= 11 is 0. The molecule has 34 heavy (non-hydrogen) atoms. The first-order valence-electron chi connectivity index (χ1n) is 12.1. The fourth-order valence-corrected chi connectivity index (χ4v) is 4.26. The van der Waals surface area contributed by atoms with Crippen LogP contribution in [0, 0.1) is 5.92 Å². The fraction of sp³-hybridized carbons (Fsp3) is 0.519. The maximum atomic E-state index is 13.2. The number of allylic oxidation sites excluding steroid dienone is 2. The van der Waals surface area contributed by atoms with Crippen LogP contribution in [-0.2, 0) is 19.1 Å². The largest absolute Gasteiger partial charge is 0.463 e. The smallest absolute Gasteiger partial charge is 0.305 e. The molecule has 2 amide bonds. The van der Waals surface area contributed by atoms with Gasteiger partial charge in [0.15, 0.2) is 0 Å². The van der Waals surface area contributed by atoms with E-state index in [9.17, 15) is 19.5 Å². The Kier molecular flexibility index (Phi) is 11.5. The third-order valence-electron chi connectivity index (χ3n) is 6.24. The quantitative estimate of drug-likeness (QED) is 0.206. The lowest BCUT2D eigenvalue weighted by molar-refractivity contribution is -0.145. The third kappa shape index (κ3) is 8.78. The predicted molar refractivity (Wildman–Crippen MR) is 132 cm³/mol. The third-order valence-corrected chi connectivity index (χ3v) is 6.24. The molecular weight excluding hydrogens is 432 g/mol. The van der Waals surface area contributed by atoms with E-state index < -0.39 is 17.5 Å². The van der Waals surface area contributed by atoms with Gasteiger partial charge in [-0.15, -0.1) is 13.2 Å². The van der Waals surface area contributed by atoms with Crippen LogP contribution >= 0.6 is 0 Å². The number of carbonyl (C=O) groups is 3. The second-order valence-corrected chi connectivity index (χ2v) is 8.95. The Morgan fingerprint density at radius 3 is 2.44 bits per heavy atom. The van der Waals surface area contributed by atoms with Gasteiger partial charge in [-0.3, -0.25) is 14.4 Å². The average molecular weight is 471 g/mol. The molecule has 0 aliphatic heterocycles. The van der Waals surface area contributed by atoms with Crippen molar-refractivity contribution in [3.63, 3.8) is 0 Å². The summed E-state index contributed by atoms with van der Waals surface area (Å²) < 4.78 is 5.43. The standard InChI is InChI=1S/C27H38N2O5/c1-3-5-7-15-25(32)34-19-23(21-13-8-6-9-14-21)28-26(33)22(12-4-2)18-24(31)29-27(20-30)16-10-11-17-27/h3-4,6,8-9,13-14,22-23,30H,1-2,5,7,10-12,15-20H2,(H,28,33)(H,29,31)/t22-,23+/m1/s1. The molecule has 0 bridgehead atoms. The van der Waals surface area contributed by atoms with Gasteiger partial charge < -0.3 is 20.5 Å². The number of hydrogen-bond acceptors (Lipinski definition) is 5. The molecule has 1 fully saturated rings. The maximum absolute atomic E-state index is 13.2. The number of hydrogen-bond donors (Lipinski definition) is 3. The second kappa shape index (κ2) is 14.4. The van der Waals surface area contributed by atoms with Crippen LogP contribution in [0.5, 0.6) is 0 Å². The summed E-state index contributed by atoms with van der Waals surface area (Å²) in [5.41, 5.74) is 0.223. The van der Waals surface area contributed by atoms with Gasteiger partial charge in [-0.1, -0.05) is 55.3 Å². The molecule has 7 heteroatoms. The Balaban J connectivity index is 2.02. The van der Waals surface area contributed by atoms with Crippen LogP contribution < -0.4 is 10.6 Å². The van der Waals surface area contributed by atoms with E-state index in [1.165, 1.54) is 0 Å². The van der Waals surface area contributed by atoms with E-state index in [2.05, 4.69) is 23.8 Å². The first-order valence-corrected chi connectivity index (χ1v) is 12.1. The number of unbranched alkanes of at least 4 members (excludes halogenated alkanes) is 1. The van der Waals surface area contributed by atoms with E-state index in [4.69, 9.17) is 4.74 Å². The van der Waals surface area contributed by atoms with Gasteiger partial charge in [-0.25, -0.2) is 0 Å². The van der Waals surface area contributed by atoms with Gasteiger partial charge in [0, 0.05) is 12.8 Å². The molecule has 2 rings (SSSR count). The van der Waals surface area contributed by atoms with Crippen molar-refractivity contribution in [2.45, 2.75) is 69.4 Å². The molecule has 1 aliphatic rings. The van der Waals surface area contributed by atoms with E-state index in [1.807, 2.05) is 30.3 Å². The van der Waals surface area contributed by atoms with E-state index in [1.54, 1.807) is 12.2 Å². The van der Waals surface area contributed by atoms with Gasteiger partial charge in [0.2, 0.25) is 11.8 Å². The van der Waals surface area contributed by atoms with Gasteiger partial charge >= 0.3 is 5.97 Å².